The number of rotatable bonds is 6. The van der Waals surface area contributed by atoms with Gasteiger partial charge in [-0.15, -0.1) is 0 Å². The first-order valence-corrected chi connectivity index (χ1v) is 21.7. The number of benzene rings is 4. The summed E-state index contributed by atoms with van der Waals surface area (Å²) in [6.07, 6.45) is 38.0. The molecule has 5 aliphatic rings. The largest absolute Gasteiger partial charge is 0.337 e. The smallest absolute Gasteiger partial charge is 0.0534 e. The molecule has 2 heteroatoms. The molecule has 0 N–H and O–H groups in total. The van der Waals surface area contributed by atoms with E-state index < -0.39 is 0 Å². The van der Waals surface area contributed by atoms with E-state index in [1.165, 1.54) is 128 Å². The SMILES string of the molecule is C1=CCCC(c2cc(C3=CCC(n4c5ccccc5c5c(-c6ccc7c(c6)c6c(n7C7=CCCC=C7)CCCC6)cccc54)CC3)cc(C3C=CCCC3)c2)=C1. The van der Waals surface area contributed by atoms with Crippen molar-refractivity contribution in [3.05, 3.63) is 161 Å². The summed E-state index contributed by atoms with van der Waals surface area (Å²) in [5.41, 5.74) is 18.7. The summed E-state index contributed by atoms with van der Waals surface area (Å²) in [4.78, 5) is 0. The van der Waals surface area contributed by atoms with Crippen LogP contribution in [0.5, 0.6) is 0 Å². The van der Waals surface area contributed by atoms with E-state index in [0.29, 0.717) is 12.0 Å². The van der Waals surface area contributed by atoms with Crippen LogP contribution in [0, 0.1) is 0 Å². The quantitative estimate of drug-likeness (QED) is 0.151. The van der Waals surface area contributed by atoms with Crippen LogP contribution in [-0.4, -0.2) is 9.13 Å². The average Bonchev–Trinajstić information content (AvgIpc) is 3.80. The zero-order chi connectivity index (χ0) is 37.0. The molecular weight excluding hydrogens is 677 g/mol. The summed E-state index contributed by atoms with van der Waals surface area (Å²) in [6.45, 7) is 0. The minimum absolute atomic E-state index is 0.423. The molecule has 5 aliphatic carbocycles. The Morgan fingerprint density at radius 3 is 2.34 bits per heavy atom. The van der Waals surface area contributed by atoms with Gasteiger partial charge in [0, 0.05) is 50.5 Å². The number of hydrogen-bond acceptors (Lipinski definition) is 0. The maximum atomic E-state index is 2.70. The number of allylic oxidation sites excluding steroid dienone is 12. The molecule has 6 aromatic rings. The maximum absolute atomic E-state index is 2.70. The highest BCUT2D eigenvalue weighted by Crippen LogP contribution is 2.45. The van der Waals surface area contributed by atoms with Gasteiger partial charge in [-0.2, -0.15) is 0 Å². The van der Waals surface area contributed by atoms with Crippen LogP contribution in [0.2, 0.25) is 0 Å². The molecule has 2 unspecified atom stereocenters. The molecule has 278 valence electrons. The molecule has 0 bridgehead atoms. The Hall–Kier alpha value is -5.34. The first kappa shape index (κ1) is 34.0. The Morgan fingerprint density at radius 2 is 1.50 bits per heavy atom. The molecule has 0 amide bonds. The van der Waals surface area contributed by atoms with Crippen LogP contribution in [-0.2, 0) is 12.8 Å². The van der Waals surface area contributed by atoms with Gasteiger partial charge in [-0.1, -0.05) is 97.1 Å². The molecule has 0 spiro atoms. The molecule has 2 nitrogen and oxygen atoms in total. The highest BCUT2D eigenvalue weighted by atomic mass is 15.0. The van der Waals surface area contributed by atoms with E-state index in [1.54, 1.807) is 5.56 Å². The van der Waals surface area contributed by atoms with E-state index in [9.17, 15) is 0 Å². The Bertz CT molecular complexity index is 2710. The van der Waals surface area contributed by atoms with E-state index in [2.05, 4.69) is 143 Å². The van der Waals surface area contributed by atoms with Crippen LogP contribution in [0.1, 0.15) is 117 Å². The topological polar surface area (TPSA) is 9.86 Å². The predicted molar refractivity (Wildman–Crippen MR) is 239 cm³/mol. The van der Waals surface area contributed by atoms with Gasteiger partial charge in [0.1, 0.15) is 0 Å². The van der Waals surface area contributed by atoms with Crippen LogP contribution in [0.15, 0.2) is 134 Å². The van der Waals surface area contributed by atoms with E-state index in [-0.39, 0.29) is 0 Å². The molecule has 4 aromatic carbocycles. The van der Waals surface area contributed by atoms with Crippen molar-refractivity contribution >= 4 is 49.6 Å². The normalized spacial score (nSPS) is 21.0. The third-order valence-electron chi connectivity index (χ3n) is 13.7. The lowest BCUT2D eigenvalue weighted by atomic mass is 9.83. The maximum Gasteiger partial charge on any atom is 0.0534 e. The van der Waals surface area contributed by atoms with Gasteiger partial charge in [-0.25, -0.2) is 0 Å². The summed E-state index contributed by atoms with van der Waals surface area (Å²) in [5, 5.41) is 4.22. The highest BCUT2D eigenvalue weighted by Gasteiger charge is 2.26. The van der Waals surface area contributed by atoms with Crippen molar-refractivity contribution in [1.29, 1.82) is 0 Å². The van der Waals surface area contributed by atoms with Crippen molar-refractivity contribution in [2.45, 2.75) is 102 Å². The summed E-state index contributed by atoms with van der Waals surface area (Å²) < 4.78 is 5.29. The molecule has 56 heavy (non-hydrogen) atoms. The summed E-state index contributed by atoms with van der Waals surface area (Å²) in [6, 6.07) is 31.6. The van der Waals surface area contributed by atoms with Gasteiger partial charge in [0.2, 0.25) is 0 Å². The van der Waals surface area contributed by atoms with Crippen molar-refractivity contribution in [2.75, 3.05) is 0 Å². The fourth-order valence-electron chi connectivity index (χ4n) is 10.9. The van der Waals surface area contributed by atoms with Crippen LogP contribution in [0.3, 0.4) is 0 Å². The van der Waals surface area contributed by atoms with Gasteiger partial charge in [0.05, 0.1) is 5.52 Å². The summed E-state index contributed by atoms with van der Waals surface area (Å²) >= 11 is 0. The third-order valence-corrected chi connectivity index (χ3v) is 13.7. The number of para-hydroxylation sites is 1. The van der Waals surface area contributed by atoms with E-state index in [1.807, 2.05) is 0 Å². The van der Waals surface area contributed by atoms with Gasteiger partial charge in [0.15, 0.2) is 0 Å². The van der Waals surface area contributed by atoms with Gasteiger partial charge < -0.3 is 9.13 Å². The van der Waals surface area contributed by atoms with Crippen molar-refractivity contribution in [3.63, 3.8) is 0 Å². The predicted octanol–water partition coefficient (Wildman–Crippen LogP) is 14.9. The summed E-state index contributed by atoms with van der Waals surface area (Å²) in [5.74, 6) is 0.531. The van der Waals surface area contributed by atoms with Gasteiger partial charge >= 0.3 is 0 Å². The molecule has 11 rings (SSSR count). The Kier molecular flexibility index (Phi) is 8.67. The fourth-order valence-corrected chi connectivity index (χ4v) is 10.9. The minimum atomic E-state index is 0.423. The van der Waals surface area contributed by atoms with Crippen LogP contribution < -0.4 is 0 Å². The molecule has 0 saturated heterocycles. The zero-order valence-corrected chi connectivity index (χ0v) is 32.7. The van der Waals surface area contributed by atoms with Crippen molar-refractivity contribution in [1.82, 2.24) is 9.13 Å². The van der Waals surface area contributed by atoms with Gasteiger partial charge in [0.25, 0.3) is 0 Å². The molecule has 0 fully saturated rings. The lowest BCUT2D eigenvalue weighted by Gasteiger charge is -2.27. The average molecular weight is 729 g/mol. The standard InChI is InChI=1S/C54H52N2/c1-4-15-37(16-5-1)41-33-42(38-17-6-2-7-18-38)35-43(34-41)39-27-30-45(31-28-39)56-51-25-13-11-22-48(51)54-46(23-14-26-53(54)56)40-29-32-52-49(36-40)47-21-10-12-24-50(47)55(52)44-19-8-3-9-20-44/h1,4,6,8,11,13-15,17,19-20,22-23,25-27,29,32-36,38,45H,2-3,5,7,9-10,12,16,18,21,24,28,30-31H2. The fraction of sp³-hybridized carbons (Fsp3) is 0.296. The Labute approximate surface area is 331 Å². The Balaban J connectivity index is 0.982. The molecule has 2 aromatic heterocycles. The molecular formula is C54H52N2. The minimum Gasteiger partial charge on any atom is -0.337 e. The zero-order valence-electron chi connectivity index (χ0n) is 32.7. The number of hydrogen-bond donors (Lipinski definition) is 0. The van der Waals surface area contributed by atoms with Crippen LogP contribution in [0.4, 0.5) is 0 Å². The van der Waals surface area contributed by atoms with Crippen LogP contribution >= 0.6 is 0 Å². The number of aromatic nitrogens is 2. The number of nitrogens with zero attached hydrogens (tertiary/aromatic N) is 2. The van der Waals surface area contributed by atoms with E-state index in [0.717, 1.165) is 44.9 Å². The van der Waals surface area contributed by atoms with Gasteiger partial charge in [-0.3, -0.25) is 0 Å². The van der Waals surface area contributed by atoms with E-state index in [4.69, 9.17) is 0 Å². The number of aryl methyl sites for hydroxylation is 1. The van der Waals surface area contributed by atoms with Crippen molar-refractivity contribution < 1.29 is 0 Å². The van der Waals surface area contributed by atoms with Gasteiger partial charge in [-0.05, 0) is 171 Å². The molecule has 0 saturated carbocycles. The summed E-state index contributed by atoms with van der Waals surface area (Å²) in [7, 11) is 0. The molecule has 0 aliphatic heterocycles. The monoisotopic (exact) mass is 728 g/mol. The lowest BCUT2D eigenvalue weighted by Crippen LogP contribution is -2.12. The van der Waals surface area contributed by atoms with Crippen molar-refractivity contribution in [3.8, 4) is 11.1 Å². The highest BCUT2D eigenvalue weighted by molar-refractivity contribution is 6.15. The van der Waals surface area contributed by atoms with Crippen LogP contribution in [0.25, 0.3) is 60.7 Å². The third kappa shape index (κ3) is 5.83. The first-order valence-electron chi connectivity index (χ1n) is 21.7. The second kappa shape index (κ2) is 14.3. The lowest BCUT2D eigenvalue weighted by molar-refractivity contribution is 0.491. The second-order valence-corrected chi connectivity index (χ2v) is 17.0. The Morgan fingerprint density at radius 1 is 0.589 bits per heavy atom. The molecule has 2 heterocycles. The second-order valence-electron chi connectivity index (χ2n) is 17.0. The first-order chi connectivity index (χ1) is 27.8. The van der Waals surface area contributed by atoms with E-state index >= 15 is 0 Å². The van der Waals surface area contributed by atoms with Crippen molar-refractivity contribution in [2.24, 2.45) is 0 Å². The molecule has 0 radical (unpaired) electrons. The number of fused-ring (bicyclic) bond motifs is 6. The molecule has 2 atom stereocenters.